The first-order valence-electron chi connectivity index (χ1n) is 4.85. The van der Waals surface area contributed by atoms with Gasteiger partial charge >= 0.3 is 0 Å². The van der Waals surface area contributed by atoms with Crippen molar-refractivity contribution >= 4 is 26.7 Å². The molecule has 1 nitrogen and oxygen atoms in total. The lowest BCUT2D eigenvalue weighted by Gasteiger charge is -2.18. The van der Waals surface area contributed by atoms with E-state index in [0.717, 1.165) is 4.90 Å². The largest absolute Gasteiger partial charge is 0.287 e. The summed E-state index contributed by atoms with van der Waals surface area (Å²) in [5.41, 5.74) is 1.51. The molecular formula is C12H16OS2. The summed E-state index contributed by atoms with van der Waals surface area (Å²) in [5.74, 6) is 0. The maximum absolute atomic E-state index is 10.8. The van der Waals surface area contributed by atoms with Crippen molar-refractivity contribution < 1.29 is 4.79 Å². The standard InChI is InChI=1S/C12H16OS2/c1-9(13)14-15-11-7-5-10(6-8-11)12(2,3)4/h5-8H,1-4H3. The molecule has 3 heteroatoms. The maximum atomic E-state index is 10.8. The van der Waals surface area contributed by atoms with Gasteiger partial charge in [0.05, 0.1) is 0 Å². The molecule has 0 radical (unpaired) electrons. The van der Waals surface area contributed by atoms with E-state index in [2.05, 4.69) is 45.0 Å². The highest BCUT2D eigenvalue weighted by Crippen LogP contribution is 2.32. The average Bonchev–Trinajstić information content (AvgIpc) is 2.14. The van der Waals surface area contributed by atoms with Gasteiger partial charge in [0, 0.05) is 11.8 Å². The van der Waals surface area contributed by atoms with E-state index in [1.54, 1.807) is 6.92 Å². The van der Waals surface area contributed by atoms with Crippen molar-refractivity contribution in [1.82, 2.24) is 0 Å². The van der Waals surface area contributed by atoms with Gasteiger partial charge in [0.2, 0.25) is 0 Å². The minimum atomic E-state index is 0.139. The van der Waals surface area contributed by atoms with Gasteiger partial charge in [-0.05, 0) is 44.7 Å². The van der Waals surface area contributed by atoms with Crippen LogP contribution in [0.4, 0.5) is 0 Å². The summed E-state index contributed by atoms with van der Waals surface area (Å²) in [5, 5.41) is 0.139. The summed E-state index contributed by atoms with van der Waals surface area (Å²) in [4.78, 5) is 11.9. The van der Waals surface area contributed by atoms with E-state index in [1.165, 1.54) is 27.2 Å². The highest BCUT2D eigenvalue weighted by molar-refractivity contribution is 8.82. The Morgan fingerprint density at radius 1 is 1.13 bits per heavy atom. The third-order valence-electron chi connectivity index (χ3n) is 1.98. The smallest absolute Gasteiger partial charge is 0.196 e. The van der Waals surface area contributed by atoms with E-state index in [1.807, 2.05) is 0 Å². The third kappa shape index (κ3) is 4.31. The van der Waals surface area contributed by atoms with Crippen molar-refractivity contribution in [3.63, 3.8) is 0 Å². The molecule has 15 heavy (non-hydrogen) atoms. The molecule has 0 unspecified atom stereocenters. The quantitative estimate of drug-likeness (QED) is 0.719. The van der Waals surface area contributed by atoms with Gasteiger partial charge in [0.25, 0.3) is 0 Å². The first-order valence-corrected chi connectivity index (χ1v) is 7.00. The lowest BCUT2D eigenvalue weighted by Crippen LogP contribution is -2.10. The topological polar surface area (TPSA) is 17.1 Å². The van der Waals surface area contributed by atoms with Crippen LogP contribution in [0.5, 0.6) is 0 Å². The Hall–Kier alpha value is -0.410. The van der Waals surface area contributed by atoms with Crippen LogP contribution in [0.15, 0.2) is 29.2 Å². The van der Waals surface area contributed by atoms with Crippen LogP contribution in [0.3, 0.4) is 0 Å². The van der Waals surface area contributed by atoms with Crippen molar-refractivity contribution in [2.45, 2.75) is 38.0 Å². The molecule has 0 saturated carbocycles. The Balaban J connectivity index is 2.69. The fourth-order valence-electron chi connectivity index (χ4n) is 1.12. The summed E-state index contributed by atoms with van der Waals surface area (Å²) in [7, 11) is 2.79. The molecule has 0 N–H and O–H groups in total. The molecule has 0 aliphatic heterocycles. The van der Waals surface area contributed by atoms with Gasteiger partial charge in [-0.25, -0.2) is 0 Å². The fraction of sp³-hybridized carbons (Fsp3) is 0.417. The molecule has 82 valence electrons. The van der Waals surface area contributed by atoms with Gasteiger partial charge in [0.15, 0.2) is 5.12 Å². The second-order valence-corrected chi connectivity index (χ2v) is 6.81. The molecule has 0 aromatic heterocycles. The molecule has 0 fully saturated rings. The average molecular weight is 240 g/mol. The Morgan fingerprint density at radius 3 is 2.07 bits per heavy atom. The first kappa shape index (κ1) is 12.7. The third-order valence-corrected chi connectivity index (χ3v) is 4.29. The minimum Gasteiger partial charge on any atom is -0.287 e. The molecule has 1 aromatic carbocycles. The molecule has 0 aliphatic rings. The maximum Gasteiger partial charge on any atom is 0.196 e. The van der Waals surface area contributed by atoms with Crippen molar-refractivity contribution in [2.24, 2.45) is 0 Å². The molecule has 0 heterocycles. The molecule has 0 atom stereocenters. The molecule has 0 spiro atoms. The van der Waals surface area contributed by atoms with Crippen molar-refractivity contribution in [1.29, 1.82) is 0 Å². The van der Waals surface area contributed by atoms with Crippen molar-refractivity contribution in [3.8, 4) is 0 Å². The molecule has 1 rings (SSSR count). The van der Waals surface area contributed by atoms with Crippen LogP contribution in [-0.2, 0) is 10.2 Å². The lowest BCUT2D eigenvalue weighted by molar-refractivity contribution is -0.109. The van der Waals surface area contributed by atoms with E-state index in [-0.39, 0.29) is 10.5 Å². The van der Waals surface area contributed by atoms with Crippen LogP contribution >= 0.6 is 21.6 Å². The highest BCUT2D eigenvalue weighted by Gasteiger charge is 2.12. The summed E-state index contributed by atoms with van der Waals surface area (Å²) in [6.07, 6.45) is 0. The summed E-state index contributed by atoms with van der Waals surface area (Å²) < 4.78 is 0. The zero-order chi connectivity index (χ0) is 11.5. The normalized spacial score (nSPS) is 11.5. The Labute approximate surface area is 99.4 Å². The molecule has 0 amide bonds. The summed E-state index contributed by atoms with van der Waals surface area (Å²) >= 11 is 0. The molecule has 1 aromatic rings. The minimum absolute atomic E-state index is 0.139. The van der Waals surface area contributed by atoms with E-state index in [4.69, 9.17) is 0 Å². The number of hydrogen-bond acceptors (Lipinski definition) is 3. The van der Waals surface area contributed by atoms with Crippen LogP contribution in [0, 0.1) is 0 Å². The summed E-state index contributed by atoms with van der Waals surface area (Å²) in [6, 6.07) is 8.40. The van der Waals surface area contributed by atoms with Gasteiger partial charge in [-0.2, -0.15) is 0 Å². The van der Waals surface area contributed by atoms with E-state index in [9.17, 15) is 4.79 Å². The zero-order valence-electron chi connectivity index (χ0n) is 9.53. The van der Waals surface area contributed by atoms with Gasteiger partial charge < -0.3 is 0 Å². The number of hydrogen-bond donors (Lipinski definition) is 0. The number of benzene rings is 1. The first-order chi connectivity index (χ1) is 6.89. The zero-order valence-corrected chi connectivity index (χ0v) is 11.2. The fourth-order valence-corrected chi connectivity index (χ4v) is 2.55. The van der Waals surface area contributed by atoms with E-state index < -0.39 is 0 Å². The van der Waals surface area contributed by atoms with Gasteiger partial charge in [-0.3, -0.25) is 4.79 Å². The number of carbonyl (C=O) groups excluding carboxylic acids is 1. The van der Waals surface area contributed by atoms with Gasteiger partial charge in [0.1, 0.15) is 0 Å². The Bertz CT molecular complexity index is 336. The molecule has 0 aliphatic carbocycles. The van der Waals surface area contributed by atoms with Crippen LogP contribution in [0.1, 0.15) is 33.3 Å². The van der Waals surface area contributed by atoms with Gasteiger partial charge in [-0.1, -0.05) is 32.9 Å². The van der Waals surface area contributed by atoms with Crippen LogP contribution in [0.2, 0.25) is 0 Å². The highest BCUT2D eigenvalue weighted by atomic mass is 33.1. The molecule has 0 saturated heterocycles. The Kier molecular flexibility index (Phi) is 4.29. The van der Waals surface area contributed by atoms with Crippen molar-refractivity contribution in [2.75, 3.05) is 0 Å². The number of carbonyl (C=O) groups is 1. The van der Waals surface area contributed by atoms with E-state index in [0.29, 0.717) is 0 Å². The predicted molar refractivity (Wildman–Crippen MR) is 69.3 cm³/mol. The van der Waals surface area contributed by atoms with E-state index >= 15 is 0 Å². The predicted octanol–water partition coefficient (Wildman–Crippen LogP) is 4.27. The van der Waals surface area contributed by atoms with Gasteiger partial charge in [-0.15, -0.1) is 0 Å². The molecular weight excluding hydrogens is 224 g/mol. The second kappa shape index (κ2) is 5.08. The van der Waals surface area contributed by atoms with Crippen LogP contribution < -0.4 is 0 Å². The van der Waals surface area contributed by atoms with Crippen LogP contribution in [0.25, 0.3) is 0 Å². The lowest BCUT2D eigenvalue weighted by atomic mass is 9.87. The van der Waals surface area contributed by atoms with Crippen molar-refractivity contribution in [3.05, 3.63) is 29.8 Å². The van der Waals surface area contributed by atoms with Crippen LogP contribution in [-0.4, -0.2) is 5.12 Å². The molecule has 0 bridgehead atoms. The number of rotatable bonds is 2. The SMILES string of the molecule is CC(=O)SSc1ccc(C(C)(C)C)cc1. The Morgan fingerprint density at radius 2 is 1.67 bits per heavy atom. The summed E-state index contributed by atoms with van der Waals surface area (Å²) in [6.45, 7) is 8.17. The monoisotopic (exact) mass is 240 g/mol. The second-order valence-electron chi connectivity index (χ2n) is 4.43.